The van der Waals surface area contributed by atoms with Gasteiger partial charge in [0.15, 0.2) is 5.13 Å². The number of benzene rings is 2. The number of carboxylic acid groups (broad SMARTS) is 1. The molecule has 0 saturated heterocycles. The number of anilines is 1. The summed E-state index contributed by atoms with van der Waals surface area (Å²) >= 11 is 1.18. The van der Waals surface area contributed by atoms with Crippen molar-refractivity contribution in [3.63, 3.8) is 0 Å². The maximum atomic E-state index is 12.8. The Kier molecular flexibility index (Phi) is 5.07. The summed E-state index contributed by atoms with van der Waals surface area (Å²) in [6, 6.07) is 7.94. The molecule has 0 aliphatic rings. The lowest BCUT2D eigenvalue weighted by Gasteiger charge is -2.11. The molecule has 27 heavy (non-hydrogen) atoms. The molecule has 0 saturated carbocycles. The molecule has 0 aliphatic heterocycles. The average Bonchev–Trinajstić information content (AvgIpc) is 2.97. The Hall–Kier alpha value is -2.65. The van der Waals surface area contributed by atoms with Gasteiger partial charge >= 0.3 is 5.97 Å². The Morgan fingerprint density at radius 3 is 2.67 bits per heavy atom. The molecule has 9 heteroatoms. The first-order valence-corrected chi connectivity index (χ1v) is 10.4. The topological polar surface area (TPSA) is 106 Å². The number of fused-ring (bicyclic) bond motifs is 1. The molecule has 0 radical (unpaired) electrons. The van der Waals surface area contributed by atoms with Crippen LogP contribution in [0.4, 0.5) is 5.13 Å². The van der Waals surface area contributed by atoms with Gasteiger partial charge < -0.3 is 9.84 Å². The van der Waals surface area contributed by atoms with Crippen molar-refractivity contribution in [2.45, 2.75) is 25.7 Å². The molecule has 0 atom stereocenters. The molecule has 2 aromatic carbocycles. The van der Waals surface area contributed by atoms with Crippen LogP contribution >= 0.6 is 11.3 Å². The molecule has 0 aliphatic carbocycles. The summed E-state index contributed by atoms with van der Waals surface area (Å²) < 4.78 is 34.3. The number of rotatable bonds is 6. The molecular formula is C18H18N2O5S2. The molecule has 3 aromatic rings. The van der Waals surface area contributed by atoms with Crippen LogP contribution in [0.15, 0.2) is 35.2 Å². The van der Waals surface area contributed by atoms with E-state index in [4.69, 9.17) is 4.74 Å². The number of nitrogens with zero attached hydrogens (tertiary/aromatic N) is 1. The summed E-state index contributed by atoms with van der Waals surface area (Å²) in [5, 5.41) is 9.41. The predicted octanol–water partition coefficient (Wildman–Crippen LogP) is 3.81. The monoisotopic (exact) mass is 406 g/mol. The molecule has 142 valence electrons. The van der Waals surface area contributed by atoms with Crippen LogP contribution in [-0.4, -0.2) is 31.1 Å². The number of thiazole rings is 1. The number of carbonyl (C=O) groups is 1. The van der Waals surface area contributed by atoms with Crippen LogP contribution in [0.5, 0.6) is 5.75 Å². The number of aromatic carboxylic acids is 1. The van der Waals surface area contributed by atoms with E-state index in [1.54, 1.807) is 32.0 Å². The minimum atomic E-state index is -3.99. The van der Waals surface area contributed by atoms with Crippen molar-refractivity contribution < 1.29 is 23.1 Å². The van der Waals surface area contributed by atoms with Crippen LogP contribution in [0.3, 0.4) is 0 Å². The van der Waals surface area contributed by atoms with E-state index in [1.807, 2.05) is 6.92 Å². The fraction of sp³-hybridized carbons (Fsp3) is 0.222. The van der Waals surface area contributed by atoms with E-state index in [0.29, 0.717) is 29.0 Å². The summed E-state index contributed by atoms with van der Waals surface area (Å²) in [5.41, 5.74) is 1.64. The van der Waals surface area contributed by atoms with Crippen molar-refractivity contribution in [1.82, 2.24) is 4.98 Å². The van der Waals surface area contributed by atoms with Gasteiger partial charge in [-0.25, -0.2) is 18.2 Å². The van der Waals surface area contributed by atoms with Gasteiger partial charge in [0, 0.05) is 0 Å². The molecule has 1 aromatic heterocycles. The first kappa shape index (κ1) is 19.1. The van der Waals surface area contributed by atoms with E-state index in [2.05, 4.69) is 9.71 Å². The lowest BCUT2D eigenvalue weighted by Crippen LogP contribution is -2.15. The Bertz CT molecular complexity index is 1140. The van der Waals surface area contributed by atoms with Crippen LogP contribution in [0.2, 0.25) is 0 Å². The Labute approximate surface area is 160 Å². The van der Waals surface area contributed by atoms with Crippen molar-refractivity contribution in [2.75, 3.05) is 11.3 Å². The van der Waals surface area contributed by atoms with Gasteiger partial charge in [0.25, 0.3) is 10.0 Å². The second kappa shape index (κ2) is 7.16. The third kappa shape index (κ3) is 3.88. The number of aromatic nitrogens is 1. The first-order valence-electron chi connectivity index (χ1n) is 8.12. The Morgan fingerprint density at radius 2 is 2.00 bits per heavy atom. The van der Waals surface area contributed by atoms with Gasteiger partial charge in [-0.1, -0.05) is 11.3 Å². The second-order valence-electron chi connectivity index (χ2n) is 5.91. The first-order chi connectivity index (χ1) is 12.7. The molecule has 0 amide bonds. The zero-order valence-corrected chi connectivity index (χ0v) is 16.6. The Morgan fingerprint density at radius 1 is 1.26 bits per heavy atom. The summed E-state index contributed by atoms with van der Waals surface area (Å²) in [6.07, 6.45) is 0. The van der Waals surface area contributed by atoms with E-state index in [-0.39, 0.29) is 15.6 Å². The van der Waals surface area contributed by atoms with Gasteiger partial charge in [0.1, 0.15) is 5.75 Å². The fourth-order valence-electron chi connectivity index (χ4n) is 2.60. The minimum absolute atomic E-state index is 0.0749. The van der Waals surface area contributed by atoms with Crippen molar-refractivity contribution >= 4 is 42.7 Å². The molecule has 3 rings (SSSR count). The number of hydrogen-bond donors (Lipinski definition) is 2. The van der Waals surface area contributed by atoms with E-state index in [1.165, 1.54) is 17.4 Å². The van der Waals surface area contributed by atoms with Crippen molar-refractivity contribution in [3.05, 3.63) is 47.0 Å². The highest BCUT2D eigenvalue weighted by Crippen LogP contribution is 2.31. The van der Waals surface area contributed by atoms with E-state index in [0.717, 1.165) is 10.8 Å². The fourth-order valence-corrected chi connectivity index (χ4v) is 5.08. The smallest absolute Gasteiger partial charge is 0.335 e. The normalized spacial score (nSPS) is 11.5. The van der Waals surface area contributed by atoms with Gasteiger partial charge in [-0.3, -0.25) is 4.72 Å². The quantitative estimate of drug-likeness (QED) is 0.645. The third-order valence-corrected chi connectivity index (χ3v) is 6.58. The van der Waals surface area contributed by atoms with Gasteiger partial charge in [0.2, 0.25) is 0 Å². The van der Waals surface area contributed by atoms with Gasteiger partial charge in [-0.15, -0.1) is 0 Å². The number of hydrogen-bond acceptors (Lipinski definition) is 6. The summed E-state index contributed by atoms with van der Waals surface area (Å²) in [6.45, 7) is 5.73. The molecule has 0 spiro atoms. The summed E-state index contributed by atoms with van der Waals surface area (Å²) in [4.78, 5) is 15.5. The summed E-state index contributed by atoms with van der Waals surface area (Å²) in [7, 11) is -3.99. The SMILES string of the molecule is CCOc1ccc2nc(NS(=O)(=O)c3cc(C(=O)O)cc(C)c3C)sc2c1. The molecular weight excluding hydrogens is 388 g/mol. The molecule has 7 nitrogen and oxygen atoms in total. The largest absolute Gasteiger partial charge is 0.494 e. The van der Waals surface area contributed by atoms with Crippen LogP contribution in [0, 0.1) is 13.8 Å². The lowest BCUT2D eigenvalue weighted by molar-refractivity contribution is 0.0696. The van der Waals surface area contributed by atoms with E-state index >= 15 is 0 Å². The van der Waals surface area contributed by atoms with Gasteiger partial charge in [-0.2, -0.15) is 0 Å². The van der Waals surface area contributed by atoms with Gasteiger partial charge in [0.05, 0.1) is 27.3 Å². The van der Waals surface area contributed by atoms with Gasteiger partial charge in [-0.05, 0) is 62.2 Å². The van der Waals surface area contributed by atoms with Crippen molar-refractivity contribution in [3.8, 4) is 5.75 Å². The number of nitrogens with one attached hydrogen (secondary N) is 1. The summed E-state index contributed by atoms with van der Waals surface area (Å²) in [5.74, 6) is -0.498. The second-order valence-corrected chi connectivity index (χ2v) is 8.59. The molecule has 2 N–H and O–H groups in total. The standard InChI is InChI=1S/C18H18N2O5S2/c1-4-25-13-5-6-14-15(9-13)26-18(19-14)20-27(23,24)16-8-12(17(21)22)7-10(2)11(16)3/h5-9H,4H2,1-3H3,(H,19,20)(H,21,22). The number of sulfonamides is 1. The Balaban J connectivity index is 1.99. The maximum Gasteiger partial charge on any atom is 0.335 e. The maximum absolute atomic E-state index is 12.8. The van der Waals surface area contributed by atoms with Crippen LogP contribution < -0.4 is 9.46 Å². The van der Waals surface area contributed by atoms with Crippen LogP contribution in [0.25, 0.3) is 10.2 Å². The number of aryl methyl sites for hydroxylation is 1. The zero-order chi connectivity index (χ0) is 19.8. The molecule has 0 bridgehead atoms. The van der Waals surface area contributed by atoms with Crippen LogP contribution in [0.1, 0.15) is 28.4 Å². The molecule has 0 fully saturated rings. The highest BCUT2D eigenvalue weighted by molar-refractivity contribution is 7.93. The predicted molar refractivity (Wildman–Crippen MR) is 104 cm³/mol. The third-order valence-electron chi connectivity index (χ3n) is 4.05. The molecule has 1 heterocycles. The van der Waals surface area contributed by atoms with Crippen molar-refractivity contribution in [1.29, 1.82) is 0 Å². The minimum Gasteiger partial charge on any atom is -0.494 e. The number of carboxylic acids is 1. The van der Waals surface area contributed by atoms with E-state index < -0.39 is 16.0 Å². The number of ether oxygens (including phenoxy) is 1. The average molecular weight is 406 g/mol. The van der Waals surface area contributed by atoms with E-state index in [9.17, 15) is 18.3 Å². The lowest BCUT2D eigenvalue weighted by atomic mass is 10.1. The van der Waals surface area contributed by atoms with Crippen LogP contribution in [-0.2, 0) is 10.0 Å². The van der Waals surface area contributed by atoms with Crippen molar-refractivity contribution in [2.24, 2.45) is 0 Å². The zero-order valence-electron chi connectivity index (χ0n) is 14.9. The highest BCUT2D eigenvalue weighted by Gasteiger charge is 2.22. The molecule has 0 unspecified atom stereocenters. The highest BCUT2D eigenvalue weighted by atomic mass is 32.2.